The molecule has 0 spiro atoms. The number of hydrogen-bond donors (Lipinski definition) is 1. The van der Waals surface area contributed by atoms with Gasteiger partial charge in [0.25, 0.3) is 0 Å². The predicted molar refractivity (Wildman–Crippen MR) is 69.9 cm³/mol. The van der Waals surface area contributed by atoms with Gasteiger partial charge in [-0.25, -0.2) is 9.97 Å². The fourth-order valence-corrected chi connectivity index (χ4v) is 2.09. The highest BCUT2D eigenvalue weighted by Crippen LogP contribution is 2.10. The lowest BCUT2D eigenvalue weighted by molar-refractivity contribution is 0.526. The van der Waals surface area contributed by atoms with E-state index in [-0.39, 0.29) is 0 Å². The number of nitrogens with one attached hydrogen (secondary N) is 1. The van der Waals surface area contributed by atoms with E-state index in [9.17, 15) is 0 Å². The van der Waals surface area contributed by atoms with Crippen molar-refractivity contribution in [3.05, 3.63) is 18.0 Å². The molecule has 0 saturated heterocycles. The molecule has 1 N–H and O–H groups in total. The fourth-order valence-electron chi connectivity index (χ4n) is 1.44. The van der Waals surface area contributed by atoms with Crippen LogP contribution in [-0.4, -0.2) is 28.3 Å². The zero-order valence-electron chi connectivity index (χ0n) is 10.4. The molecule has 0 aliphatic rings. The van der Waals surface area contributed by atoms with Gasteiger partial charge in [-0.15, -0.1) is 0 Å². The number of hydrogen-bond acceptors (Lipinski definition) is 4. The Kier molecular flexibility index (Phi) is 6.42. The molecule has 1 rings (SSSR count). The first-order valence-electron chi connectivity index (χ1n) is 5.87. The topological polar surface area (TPSA) is 37.8 Å². The molecule has 0 bridgehead atoms. The second-order valence-electron chi connectivity index (χ2n) is 4.04. The maximum Gasteiger partial charge on any atom is 0.187 e. The van der Waals surface area contributed by atoms with Crippen LogP contribution in [0.1, 0.15) is 32.3 Å². The van der Waals surface area contributed by atoms with Gasteiger partial charge in [-0.05, 0) is 25.8 Å². The largest absolute Gasteiger partial charge is 0.313 e. The normalized spacial score (nSPS) is 12.7. The number of nitrogens with zero attached hydrogens (tertiary/aromatic N) is 2. The molecule has 0 saturated carbocycles. The summed E-state index contributed by atoms with van der Waals surface area (Å²) in [5.74, 6) is 1.02. The summed E-state index contributed by atoms with van der Waals surface area (Å²) in [6.45, 7) is 7.47. The maximum absolute atomic E-state index is 4.26. The molecule has 0 aliphatic heterocycles. The summed E-state index contributed by atoms with van der Waals surface area (Å²) in [4.78, 5) is 8.51. The van der Waals surface area contributed by atoms with E-state index in [1.54, 1.807) is 11.8 Å². The molecule has 1 aromatic heterocycles. The monoisotopic (exact) mass is 239 g/mol. The van der Waals surface area contributed by atoms with Crippen LogP contribution < -0.4 is 5.32 Å². The number of aromatic nitrogens is 2. The molecular formula is C12H21N3S. The summed E-state index contributed by atoms with van der Waals surface area (Å²) in [6.07, 6.45) is 6.21. The van der Waals surface area contributed by atoms with Crippen LogP contribution in [0, 0.1) is 6.92 Å². The Morgan fingerprint density at radius 2 is 2.06 bits per heavy atom. The van der Waals surface area contributed by atoms with Crippen molar-refractivity contribution in [1.82, 2.24) is 15.3 Å². The van der Waals surface area contributed by atoms with Gasteiger partial charge in [0.2, 0.25) is 0 Å². The Bertz CT molecular complexity index is 287. The molecule has 0 fully saturated rings. The first-order chi connectivity index (χ1) is 7.72. The van der Waals surface area contributed by atoms with Gasteiger partial charge in [-0.2, -0.15) is 0 Å². The van der Waals surface area contributed by atoms with E-state index >= 15 is 0 Å². The molecule has 1 heterocycles. The first kappa shape index (κ1) is 13.5. The molecule has 0 aliphatic carbocycles. The molecule has 0 radical (unpaired) electrons. The quantitative estimate of drug-likeness (QED) is 0.451. The van der Waals surface area contributed by atoms with Crippen molar-refractivity contribution in [2.75, 3.05) is 12.3 Å². The van der Waals surface area contributed by atoms with Crippen molar-refractivity contribution in [2.45, 2.75) is 44.8 Å². The van der Waals surface area contributed by atoms with Gasteiger partial charge in [0.05, 0.1) is 0 Å². The van der Waals surface area contributed by atoms with E-state index in [0.717, 1.165) is 23.0 Å². The van der Waals surface area contributed by atoms with E-state index in [2.05, 4.69) is 29.1 Å². The molecule has 0 amide bonds. The van der Waals surface area contributed by atoms with Crippen LogP contribution in [-0.2, 0) is 0 Å². The van der Waals surface area contributed by atoms with Crippen LogP contribution in [0.2, 0.25) is 0 Å². The minimum absolute atomic E-state index is 0.615. The highest BCUT2D eigenvalue weighted by Gasteiger charge is 2.00. The highest BCUT2D eigenvalue weighted by atomic mass is 32.2. The lowest BCUT2D eigenvalue weighted by Crippen LogP contribution is -2.27. The van der Waals surface area contributed by atoms with Gasteiger partial charge in [0.15, 0.2) is 5.16 Å². The Balaban J connectivity index is 2.13. The number of rotatable bonds is 7. The fraction of sp³-hybridized carbons (Fsp3) is 0.667. The van der Waals surface area contributed by atoms with E-state index in [1.807, 2.05) is 19.3 Å². The van der Waals surface area contributed by atoms with Crippen molar-refractivity contribution in [2.24, 2.45) is 0 Å². The van der Waals surface area contributed by atoms with Crippen molar-refractivity contribution in [3.8, 4) is 0 Å². The van der Waals surface area contributed by atoms with Gasteiger partial charge < -0.3 is 5.32 Å². The van der Waals surface area contributed by atoms with Crippen LogP contribution in [0.4, 0.5) is 0 Å². The summed E-state index contributed by atoms with van der Waals surface area (Å²) in [5, 5.41) is 4.36. The highest BCUT2D eigenvalue weighted by molar-refractivity contribution is 7.99. The third-order valence-corrected chi connectivity index (χ3v) is 3.18. The molecule has 4 heteroatoms. The smallest absolute Gasteiger partial charge is 0.187 e. The standard InChI is InChI=1S/C12H21N3S/c1-4-5-11(3)13-6-7-16-12-14-8-10(2)9-15-12/h8-9,11,13H,4-7H2,1-3H3. The van der Waals surface area contributed by atoms with E-state index in [1.165, 1.54) is 12.8 Å². The molecule has 1 atom stereocenters. The zero-order valence-corrected chi connectivity index (χ0v) is 11.2. The molecule has 16 heavy (non-hydrogen) atoms. The SMILES string of the molecule is CCCC(C)NCCSc1ncc(C)cn1. The van der Waals surface area contributed by atoms with Gasteiger partial charge in [0.1, 0.15) is 0 Å². The summed E-state index contributed by atoms with van der Waals surface area (Å²) >= 11 is 1.70. The summed E-state index contributed by atoms with van der Waals surface area (Å²) in [6, 6.07) is 0.615. The van der Waals surface area contributed by atoms with Gasteiger partial charge >= 0.3 is 0 Å². The van der Waals surface area contributed by atoms with Gasteiger partial charge in [0, 0.05) is 30.7 Å². The van der Waals surface area contributed by atoms with Crippen molar-refractivity contribution in [3.63, 3.8) is 0 Å². The molecule has 0 aromatic carbocycles. The lowest BCUT2D eigenvalue weighted by atomic mass is 10.2. The van der Waals surface area contributed by atoms with Gasteiger partial charge in [-0.1, -0.05) is 25.1 Å². The number of aryl methyl sites for hydroxylation is 1. The Labute approximate surface area is 102 Å². The van der Waals surface area contributed by atoms with Crippen molar-refractivity contribution >= 4 is 11.8 Å². The maximum atomic E-state index is 4.26. The van der Waals surface area contributed by atoms with E-state index in [0.29, 0.717) is 6.04 Å². The minimum atomic E-state index is 0.615. The number of thioether (sulfide) groups is 1. The Morgan fingerprint density at radius 3 is 2.69 bits per heavy atom. The summed E-state index contributed by atoms with van der Waals surface area (Å²) in [7, 11) is 0. The van der Waals surface area contributed by atoms with Crippen LogP contribution in [0.15, 0.2) is 17.6 Å². The minimum Gasteiger partial charge on any atom is -0.313 e. The van der Waals surface area contributed by atoms with Crippen LogP contribution >= 0.6 is 11.8 Å². The summed E-state index contributed by atoms with van der Waals surface area (Å²) in [5.41, 5.74) is 1.11. The van der Waals surface area contributed by atoms with Gasteiger partial charge in [-0.3, -0.25) is 0 Å². The predicted octanol–water partition coefficient (Wildman–Crippen LogP) is 2.66. The Hall–Kier alpha value is -0.610. The third kappa shape index (κ3) is 5.47. The summed E-state index contributed by atoms with van der Waals surface area (Å²) < 4.78 is 0. The average Bonchev–Trinajstić information content (AvgIpc) is 2.27. The molecule has 3 nitrogen and oxygen atoms in total. The third-order valence-electron chi connectivity index (χ3n) is 2.30. The van der Waals surface area contributed by atoms with Crippen LogP contribution in [0.3, 0.4) is 0 Å². The zero-order chi connectivity index (χ0) is 11.8. The molecule has 1 aromatic rings. The molecule has 1 unspecified atom stereocenters. The second kappa shape index (κ2) is 7.63. The first-order valence-corrected chi connectivity index (χ1v) is 6.85. The lowest BCUT2D eigenvalue weighted by Gasteiger charge is -2.11. The second-order valence-corrected chi connectivity index (χ2v) is 5.10. The molecular weight excluding hydrogens is 218 g/mol. The van der Waals surface area contributed by atoms with Crippen molar-refractivity contribution < 1.29 is 0 Å². The van der Waals surface area contributed by atoms with Crippen LogP contribution in [0.25, 0.3) is 0 Å². The molecule has 90 valence electrons. The van der Waals surface area contributed by atoms with E-state index in [4.69, 9.17) is 0 Å². The van der Waals surface area contributed by atoms with Crippen LogP contribution in [0.5, 0.6) is 0 Å². The average molecular weight is 239 g/mol. The van der Waals surface area contributed by atoms with E-state index < -0.39 is 0 Å². The Morgan fingerprint density at radius 1 is 1.38 bits per heavy atom. The van der Waals surface area contributed by atoms with Crippen molar-refractivity contribution in [1.29, 1.82) is 0 Å².